The molecule has 1 N–H and O–H groups in total. The van der Waals surface area contributed by atoms with Crippen LogP contribution in [0.15, 0.2) is 36.7 Å². The summed E-state index contributed by atoms with van der Waals surface area (Å²) in [6, 6.07) is 9.62. The molecule has 1 aromatic heterocycles. The highest BCUT2D eigenvalue weighted by molar-refractivity contribution is 7.27. The number of fused-ring (bicyclic) bond motifs is 1. The summed E-state index contributed by atoms with van der Waals surface area (Å²) in [4.78, 5) is 22.2. The van der Waals surface area contributed by atoms with Crippen LogP contribution in [0.5, 0.6) is 5.75 Å². The van der Waals surface area contributed by atoms with Crippen LogP contribution in [0.2, 0.25) is 0 Å². The van der Waals surface area contributed by atoms with Crippen LogP contribution >= 0.6 is 18.5 Å². The Balaban J connectivity index is 1.66. The molecule has 1 aliphatic rings. The number of β-lactam (4-membered cyclic amide) rings is 1. The van der Waals surface area contributed by atoms with Gasteiger partial charge in [-0.15, -0.1) is 18.5 Å². The molecule has 1 aliphatic heterocycles. The zero-order valence-corrected chi connectivity index (χ0v) is 19.6. The van der Waals surface area contributed by atoms with Gasteiger partial charge in [-0.25, -0.2) is 4.98 Å². The summed E-state index contributed by atoms with van der Waals surface area (Å²) in [5, 5.41) is 0.965. The number of nitrogens with one attached hydrogen (secondary N) is 1. The van der Waals surface area contributed by atoms with Gasteiger partial charge in [0, 0.05) is 5.69 Å². The van der Waals surface area contributed by atoms with Crippen LogP contribution in [-0.4, -0.2) is 36.0 Å². The normalized spacial score (nSPS) is 19.7. The lowest BCUT2D eigenvalue weighted by Gasteiger charge is -2.48. The number of nitrogens with zero attached hydrogens (tertiary/aromatic N) is 2. The Labute approximate surface area is 183 Å². The van der Waals surface area contributed by atoms with E-state index in [0.29, 0.717) is 17.7 Å². The first-order valence-corrected chi connectivity index (χ1v) is 11.5. The number of aromatic nitrogens is 2. The largest absolute Gasteiger partial charge is 0.494 e. The number of imidazole rings is 1. The molecule has 0 saturated carbocycles. The van der Waals surface area contributed by atoms with Crippen molar-refractivity contribution in [3.05, 3.63) is 42.2 Å². The number of carbonyl (C=O) groups excluding carboxylic acids is 1. The first kappa shape index (κ1) is 21.3. The molecule has 154 valence electrons. The fourth-order valence-electron chi connectivity index (χ4n) is 4.10. The van der Waals surface area contributed by atoms with Gasteiger partial charge < -0.3 is 14.6 Å². The average Bonchev–Trinajstić information content (AvgIpc) is 3.15. The Morgan fingerprint density at radius 2 is 2.13 bits per heavy atom. The molecule has 2 heterocycles. The van der Waals surface area contributed by atoms with Crippen molar-refractivity contribution in [1.82, 2.24) is 9.97 Å². The topological polar surface area (TPSA) is 58.2 Å². The van der Waals surface area contributed by atoms with Gasteiger partial charge in [-0.1, -0.05) is 19.3 Å². The van der Waals surface area contributed by atoms with Gasteiger partial charge in [-0.2, -0.15) is 0 Å². The van der Waals surface area contributed by atoms with E-state index in [1.807, 2.05) is 42.2 Å². The lowest BCUT2D eigenvalue weighted by Crippen LogP contribution is -2.57. The van der Waals surface area contributed by atoms with E-state index < -0.39 is 0 Å². The third-order valence-corrected chi connectivity index (χ3v) is 6.50. The summed E-state index contributed by atoms with van der Waals surface area (Å²) in [5.74, 6) is 0.796. The molecule has 8 heteroatoms. The van der Waals surface area contributed by atoms with Crippen molar-refractivity contribution in [3.8, 4) is 5.75 Å². The number of aromatic amines is 1. The smallest absolute Gasteiger partial charge is 0.233 e. The molecule has 2 aromatic carbocycles. The van der Waals surface area contributed by atoms with Gasteiger partial charge in [0.1, 0.15) is 13.6 Å². The van der Waals surface area contributed by atoms with Gasteiger partial charge in [-0.05, 0) is 59.7 Å². The molecule has 4 rings (SSSR count). The van der Waals surface area contributed by atoms with Crippen LogP contribution in [0.3, 0.4) is 0 Å². The van der Waals surface area contributed by atoms with Gasteiger partial charge in [0.15, 0.2) is 0 Å². The first-order chi connectivity index (χ1) is 14.4. The summed E-state index contributed by atoms with van der Waals surface area (Å²) in [5.41, 5.74) is 4.77. The number of hydrogen-bond acceptors (Lipinski definition) is 3. The molecule has 3 aromatic rings. The number of rotatable bonds is 7. The van der Waals surface area contributed by atoms with Gasteiger partial charge >= 0.3 is 0 Å². The minimum atomic E-state index is -0.100. The number of benzene rings is 2. The number of amides is 1. The van der Waals surface area contributed by atoms with E-state index in [4.69, 9.17) is 12.6 Å². The lowest BCUT2D eigenvalue weighted by molar-refractivity contribution is -0.130. The Kier molecular flexibility index (Phi) is 6.18. The third-order valence-electron chi connectivity index (χ3n) is 5.69. The zero-order valence-electron chi connectivity index (χ0n) is 17.3. The lowest BCUT2D eigenvalue weighted by atomic mass is 9.75. The summed E-state index contributed by atoms with van der Waals surface area (Å²) >= 11 is 0. The van der Waals surface area contributed by atoms with Crippen LogP contribution in [0.1, 0.15) is 38.3 Å². The van der Waals surface area contributed by atoms with Crippen LogP contribution in [0.4, 0.5) is 5.69 Å². The molecule has 1 amide bonds. The van der Waals surface area contributed by atoms with Gasteiger partial charge in [0.25, 0.3) is 0 Å². The van der Waals surface area contributed by atoms with E-state index in [1.54, 1.807) is 6.33 Å². The molecular weight excluding hydrogens is 411 g/mol. The van der Waals surface area contributed by atoms with Crippen LogP contribution in [0.25, 0.3) is 11.0 Å². The van der Waals surface area contributed by atoms with Crippen LogP contribution in [0, 0.1) is 5.92 Å². The van der Waals surface area contributed by atoms with Gasteiger partial charge in [0.2, 0.25) is 5.91 Å². The maximum atomic E-state index is 13.0. The summed E-state index contributed by atoms with van der Waals surface area (Å²) < 4.78 is 5.89. The van der Waals surface area contributed by atoms with E-state index in [2.05, 4.69) is 35.4 Å². The van der Waals surface area contributed by atoms with Crippen molar-refractivity contribution >= 4 is 59.7 Å². The number of ether oxygens (including phenoxy) is 1. The first-order valence-electron chi connectivity index (χ1n) is 10.2. The molecular formula is C22H26BN3O2P2. The van der Waals surface area contributed by atoms with Crippen molar-refractivity contribution in [2.45, 2.75) is 38.4 Å². The summed E-state index contributed by atoms with van der Waals surface area (Å²) in [6.45, 7) is 4.83. The number of anilines is 1. The second-order valence-corrected chi connectivity index (χ2v) is 9.66. The standard InChI is InChI=1S/C22H26BN3O2P2/c1-3-15-21(20-16(23)9-14(10-19(20)30)28-7-6-12(2)29)26(22(15)27)13-4-5-17-18(8-13)25-11-24-17/h4-5,8-12,15,21H,3,6-7,29-30H2,1-2H3,(H,24,25). The molecule has 1 fully saturated rings. The highest BCUT2D eigenvalue weighted by Crippen LogP contribution is 2.45. The van der Waals surface area contributed by atoms with E-state index in [9.17, 15) is 4.79 Å². The van der Waals surface area contributed by atoms with Crippen molar-refractivity contribution in [2.75, 3.05) is 11.5 Å². The van der Waals surface area contributed by atoms with E-state index >= 15 is 0 Å². The quantitative estimate of drug-likeness (QED) is 0.351. The molecule has 0 aliphatic carbocycles. The average molecular weight is 437 g/mol. The van der Waals surface area contributed by atoms with E-state index in [0.717, 1.165) is 46.2 Å². The summed E-state index contributed by atoms with van der Waals surface area (Å²) in [6.07, 6.45) is 3.38. The Hall–Kier alpha value is -1.90. The van der Waals surface area contributed by atoms with Gasteiger partial charge in [-0.3, -0.25) is 4.79 Å². The maximum Gasteiger partial charge on any atom is 0.233 e. The van der Waals surface area contributed by atoms with Crippen molar-refractivity contribution < 1.29 is 9.53 Å². The van der Waals surface area contributed by atoms with Crippen LogP contribution < -0.4 is 20.4 Å². The number of H-pyrrole nitrogens is 1. The molecule has 30 heavy (non-hydrogen) atoms. The zero-order chi connectivity index (χ0) is 21.4. The Morgan fingerprint density at radius 1 is 1.33 bits per heavy atom. The van der Waals surface area contributed by atoms with Gasteiger partial charge in [0.05, 0.1) is 35.9 Å². The molecule has 0 bridgehead atoms. The molecule has 5 nitrogen and oxygen atoms in total. The molecule has 5 unspecified atom stereocenters. The van der Waals surface area contributed by atoms with Crippen molar-refractivity contribution in [3.63, 3.8) is 0 Å². The molecule has 5 atom stereocenters. The van der Waals surface area contributed by atoms with Crippen molar-refractivity contribution in [2.24, 2.45) is 5.92 Å². The fourth-order valence-corrected chi connectivity index (χ4v) is 4.73. The second kappa shape index (κ2) is 8.69. The minimum Gasteiger partial charge on any atom is -0.494 e. The molecule has 0 spiro atoms. The molecule has 1 saturated heterocycles. The highest BCUT2D eigenvalue weighted by Gasteiger charge is 2.48. The monoisotopic (exact) mass is 437 g/mol. The minimum absolute atomic E-state index is 0.0891. The highest BCUT2D eigenvalue weighted by atomic mass is 31.0. The third kappa shape index (κ3) is 3.88. The van der Waals surface area contributed by atoms with Crippen molar-refractivity contribution in [1.29, 1.82) is 0 Å². The predicted molar refractivity (Wildman–Crippen MR) is 131 cm³/mol. The number of hydrogen-bond donors (Lipinski definition) is 1. The maximum absolute atomic E-state index is 13.0. The SMILES string of the molecule is [B]c1cc(OCCC(C)P)cc(P)c1C1C(CC)C(=O)N1c1ccc2nc[nH]c2c1. The Morgan fingerprint density at radius 3 is 2.83 bits per heavy atom. The second-order valence-electron chi connectivity index (χ2n) is 7.90. The van der Waals surface area contributed by atoms with E-state index in [-0.39, 0.29) is 17.9 Å². The molecule has 2 radical (unpaired) electrons. The number of carbonyl (C=O) groups is 1. The fraction of sp³-hybridized carbons (Fsp3) is 0.364. The summed E-state index contributed by atoms with van der Waals surface area (Å²) in [7, 11) is 12.0. The van der Waals surface area contributed by atoms with E-state index in [1.165, 1.54) is 0 Å². The Bertz CT molecular complexity index is 1060. The van der Waals surface area contributed by atoms with Crippen LogP contribution in [-0.2, 0) is 4.79 Å². The predicted octanol–water partition coefficient (Wildman–Crippen LogP) is 3.00.